The number of carbonyl (C=O) groups excluding carboxylic acids is 1. The third kappa shape index (κ3) is 3.78. The fourth-order valence-electron chi connectivity index (χ4n) is 2.64. The van der Waals surface area contributed by atoms with E-state index < -0.39 is 0 Å². The lowest BCUT2D eigenvalue weighted by molar-refractivity contribution is 0.100. The zero-order valence-electron chi connectivity index (χ0n) is 11.6. The summed E-state index contributed by atoms with van der Waals surface area (Å²) >= 11 is 0. The number of nitrogens with zero attached hydrogens (tertiary/aromatic N) is 1. The van der Waals surface area contributed by atoms with Crippen molar-refractivity contribution in [3.63, 3.8) is 0 Å². The lowest BCUT2D eigenvalue weighted by Gasteiger charge is -2.28. The minimum atomic E-state index is -0.364. The van der Waals surface area contributed by atoms with Crippen LogP contribution in [0.25, 0.3) is 0 Å². The van der Waals surface area contributed by atoms with Crippen molar-refractivity contribution < 1.29 is 4.79 Å². The Morgan fingerprint density at radius 2 is 2.16 bits per heavy atom. The van der Waals surface area contributed by atoms with Crippen molar-refractivity contribution in [1.82, 2.24) is 10.2 Å². The largest absolute Gasteiger partial charge is 0.366 e. The SMILES string of the molecule is CCCN(Cc1ccc(C(N)=O)cc1)C1CCNC1. The summed E-state index contributed by atoms with van der Waals surface area (Å²) in [6.07, 6.45) is 2.38. The average Bonchev–Trinajstić information content (AvgIpc) is 2.92. The second kappa shape index (κ2) is 6.68. The Kier molecular flexibility index (Phi) is 4.93. The minimum absolute atomic E-state index is 0.364. The number of carbonyl (C=O) groups is 1. The van der Waals surface area contributed by atoms with E-state index in [-0.39, 0.29) is 5.91 Å². The molecule has 3 N–H and O–H groups in total. The van der Waals surface area contributed by atoms with Crippen molar-refractivity contribution in [1.29, 1.82) is 0 Å². The van der Waals surface area contributed by atoms with Gasteiger partial charge in [-0.15, -0.1) is 0 Å². The molecule has 2 rings (SSSR count). The predicted octanol–water partition coefficient (Wildman–Crippen LogP) is 1.36. The zero-order valence-corrected chi connectivity index (χ0v) is 11.6. The number of benzene rings is 1. The Bertz CT molecular complexity index is 410. The Labute approximate surface area is 115 Å². The first-order valence-electron chi connectivity index (χ1n) is 7.04. The number of hydrogen-bond donors (Lipinski definition) is 2. The third-order valence-corrected chi connectivity index (χ3v) is 3.69. The van der Waals surface area contributed by atoms with E-state index in [0.717, 1.165) is 32.6 Å². The summed E-state index contributed by atoms with van der Waals surface area (Å²) in [7, 11) is 0. The number of nitrogens with one attached hydrogen (secondary N) is 1. The standard InChI is InChI=1S/C15H23N3O/c1-2-9-18(14-7-8-17-10-14)11-12-3-5-13(6-4-12)15(16)19/h3-6,14,17H,2,7-11H2,1H3,(H2,16,19). The van der Waals surface area contributed by atoms with Crippen molar-refractivity contribution in [3.05, 3.63) is 35.4 Å². The Morgan fingerprint density at radius 1 is 1.42 bits per heavy atom. The maximum absolute atomic E-state index is 11.0. The molecular weight excluding hydrogens is 238 g/mol. The molecule has 1 aliphatic heterocycles. The van der Waals surface area contributed by atoms with E-state index in [9.17, 15) is 4.79 Å². The van der Waals surface area contributed by atoms with Gasteiger partial charge in [-0.2, -0.15) is 0 Å². The summed E-state index contributed by atoms with van der Waals surface area (Å²) in [6.45, 7) is 6.47. The van der Waals surface area contributed by atoms with E-state index >= 15 is 0 Å². The molecule has 1 fully saturated rings. The van der Waals surface area contributed by atoms with Gasteiger partial charge >= 0.3 is 0 Å². The number of rotatable bonds is 6. The summed E-state index contributed by atoms with van der Waals surface area (Å²) in [6, 6.07) is 8.27. The highest BCUT2D eigenvalue weighted by molar-refractivity contribution is 5.92. The highest BCUT2D eigenvalue weighted by atomic mass is 16.1. The summed E-state index contributed by atoms with van der Waals surface area (Å²) in [5.41, 5.74) is 7.07. The van der Waals surface area contributed by atoms with Gasteiger partial charge in [0.15, 0.2) is 0 Å². The molecule has 0 radical (unpaired) electrons. The van der Waals surface area contributed by atoms with E-state index in [1.807, 2.05) is 24.3 Å². The Hall–Kier alpha value is -1.39. The van der Waals surface area contributed by atoms with Gasteiger partial charge in [0.05, 0.1) is 0 Å². The van der Waals surface area contributed by atoms with Crippen molar-refractivity contribution in [2.75, 3.05) is 19.6 Å². The third-order valence-electron chi connectivity index (χ3n) is 3.69. The topological polar surface area (TPSA) is 58.4 Å². The molecule has 1 saturated heterocycles. The van der Waals surface area contributed by atoms with Gasteiger partial charge < -0.3 is 11.1 Å². The van der Waals surface area contributed by atoms with Gasteiger partial charge in [0.2, 0.25) is 5.91 Å². The van der Waals surface area contributed by atoms with Crippen LogP contribution in [-0.2, 0) is 6.54 Å². The van der Waals surface area contributed by atoms with Gasteiger partial charge in [-0.25, -0.2) is 0 Å². The first-order chi connectivity index (χ1) is 9.20. The highest BCUT2D eigenvalue weighted by Crippen LogP contribution is 2.14. The summed E-state index contributed by atoms with van der Waals surface area (Å²) in [5.74, 6) is -0.364. The number of primary amides is 1. The van der Waals surface area contributed by atoms with Gasteiger partial charge in [-0.05, 0) is 43.6 Å². The predicted molar refractivity (Wildman–Crippen MR) is 76.9 cm³/mol. The number of amides is 1. The van der Waals surface area contributed by atoms with E-state index in [2.05, 4.69) is 17.1 Å². The first kappa shape index (κ1) is 14.0. The van der Waals surface area contributed by atoms with E-state index in [4.69, 9.17) is 5.73 Å². The van der Waals surface area contributed by atoms with Gasteiger partial charge in [0.1, 0.15) is 0 Å². The number of nitrogens with two attached hydrogens (primary N) is 1. The molecule has 0 aliphatic carbocycles. The van der Waals surface area contributed by atoms with E-state index in [0.29, 0.717) is 11.6 Å². The fraction of sp³-hybridized carbons (Fsp3) is 0.533. The van der Waals surface area contributed by atoms with Crippen molar-refractivity contribution in [2.24, 2.45) is 5.73 Å². The van der Waals surface area contributed by atoms with Crippen LogP contribution >= 0.6 is 0 Å². The molecule has 0 bridgehead atoms. The van der Waals surface area contributed by atoms with E-state index in [1.54, 1.807) is 0 Å². The molecule has 1 unspecified atom stereocenters. The molecule has 0 aromatic heterocycles. The van der Waals surface area contributed by atoms with Crippen molar-refractivity contribution in [3.8, 4) is 0 Å². The maximum atomic E-state index is 11.0. The second-order valence-corrected chi connectivity index (χ2v) is 5.18. The number of hydrogen-bond acceptors (Lipinski definition) is 3. The average molecular weight is 261 g/mol. The van der Waals surface area contributed by atoms with Gasteiger partial charge in [-0.3, -0.25) is 9.69 Å². The summed E-state index contributed by atoms with van der Waals surface area (Å²) in [4.78, 5) is 13.6. The van der Waals surface area contributed by atoms with Crippen molar-refractivity contribution in [2.45, 2.75) is 32.4 Å². The lowest BCUT2D eigenvalue weighted by Crippen LogP contribution is -2.36. The molecule has 0 spiro atoms. The second-order valence-electron chi connectivity index (χ2n) is 5.18. The van der Waals surface area contributed by atoms with Crippen LogP contribution in [0.5, 0.6) is 0 Å². The molecule has 1 aliphatic rings. The van der Waals surface area contributed by atoms with Crippen LogP contribution in [0.3, 0.4) is 0 Å². The Balaban J connectivity index is 2.01. The molecule has 4 heteroatoms. The maximum Gasteiger partial charge on any atom is 0.248 e. The molecule has 4 nitrogen and oxygen atoms in total. The van der Waals surface area contributed by atoms with Crippen LogP contribution in [0.2, 0.25) is 0 Å². The van der Waals surface area contributed by atoms with Crippen LogP contribution in [0.1, 0.15) is 35.7 Å². The van der Waals surface area contributed by atoms with Crippen LogP contribution in [-0.4, -0.2) is 36.5 Å². The van der Waals surface area contributed by atoms with Crippen LogP contribution in [0.15, 0.2) is 24.3 Å². The smallest absolute Gasteiger partial charge is 0.248 e. The molecule has 1 aromatic rings. The van der Waals surface area contributed by atoms with Crippen LogP contribution < -0.4 is 11.1 Å². The molecule has 1 heterocycles. The van der Waals surface area contributed by atoms with Gasteiger partial charge in [-0.1, -0.05) is 19.1 Å². The monoisotopic (exact) mass is 261 g/mol. The Morgan fingerprint density at radius 3 is 2.68 bits per heavy atom. The minimum Gasteiger partial charge on any atom is -0.366 e. The highest BCUT2D eigenvalue weighted by Gasteiger charge is 2.21. The molecule has 104 valence electrons. The normalized spacial score (nSPS) is 18.9. The molecule has 1 atom stereocenters. The molecular formula is C15H23N3O. The first-order valence-corrected chi connectivity index (χ1v) is 7.04. The fourth-order valence-corrected chi connectivity index (χ4v) is 2.64. The quantitative estimate of drug-likeness (QED) is 0.813. The molecule has 1 aromatic carbocycles. The molecule has 1 amide bonds. The summed E-state index contributed by atoms with van der Waals surface area (Å²) < 4.78 is 0. The van der Waals surface area contributed by atoms with Gasteiger partial charge in [0.25, 0.3) is 0 Å². The summed E-state index contributed by atoms with van der Waals surface area (Å²) in [5, 5.41) is 3.42. The molecule has 19 heavy (non-hydrogen) atoms. The van der Waals surface area contributed by atoms with Gasteiger partial charge in [0, 0.05) is 24.7 Å². The van der Waals surface area contributed by atoms with Crippen LogP contribution in [0, 0.1) is 0 Å². The lowest BCUT2D eigenvalue weighted by atomic mass is 10.1. The zero-order chi connectivity index (χ0) is 13.7. The van der Waals surface area contributed by atoms with Crippen LogP contribution in [0.4, 0.5) is 0 Å². The molecule has 0 saturated carbocycles. The van der Waals surface area contributed by atoms with E-state index in [1.165, 1.54) is 12.0 Å². The van der Waals surface area contributed by atoms with Crippen molar-refractivity contribution >= 4 is 5.91 Å².